The second-order valence-corrected chi connectivity index (χ2v) is 5.63. The van der Waals surface area contributed by atoms with Crippen molar-refractivity contribution >= 4 is 0 Å². The second kappa shape index (κ2) is 7.77. The summed E-state index contributed by atoms with van der Waals surface area (Å²) in [6, 6.07) is 10.9. The summed E-state index contributed by atoms with van der Waals surface area (Å²) < 4.78 is 5.81. The summed E-state index contributed by atoms with van der Waals surface area (Å²) in [7, 11) is 0. The van der Waals surface area contributed by atoms with Gasteiger partial charge in [-0.3, -0.25) is 4.90 Å². The molecule has 3 nitrogen and oxygen atoms in total. The Hall–Kier alpha value is -0.900. The fraction of sp³-hybridized carbons (Fsp3) is 0.647. The van der Waals surface area contributed by atoms with Crippen LogP contribution >= 0.6 is 0 Å². The number of nitrogens with zero attached hydrogens (tertiary/aromatic N) is 1. The molecule has 3 unspecified atom stereocenters. The first-order valence-electron chi connectivity index (χ1n) is 7.92. The number of nitrogens with two attached hydrogens (primary N) is 1. The van der Waals surface area contributed by atoms with Crippen LogP contribution in [0.15, 0.2) is 30.3 Å². The van der Waals surface area contributed by atoms with Crippen LogP contribution < -0.4 is 5.73 Å². The molecule has 1 aliphatic rings. The maximum Gasteiger partial charge on any atom is 0.0702 e. The number of hydrogen-bond acceptors (Lipinski definition) is 3. The zero-order chi connectivity index (χ0) is 14.4. The third kappa shape index (κ3) is 3.81. The molecule has 0 saturated carbocycles. The van der Waals surface area contributed by atoms with E-state index >= 15 is 0 Å². The van der Waals surface area contributed by atoms with Gasteiger partial charge in [0.25, 0.3) is 0 Å². The summed E-state index contributed by atoms with van der Waals surface area (Å²) in [6.45, 7) is 7.28. The molecular formula is C17H28N2O. The molecule has 20 heavy (non-hydrogen) atoms. The van der Waals surface area contributed by atoms with Crippen LogP contribution in [0.25, 0.3) is 0 Å². The average Bonchev–Trinajstić information content (AvgIpc) is 2.49. The van der Waals surface area contributed by atoms with Crippen molar-refractivity contribution in [3.63, 3.8) is 0 Å². The van der Waals surface area contributed by atoms with Crippen LogP contribution in [0.2, 0.25) is 0 Å². The second-order valence-electron chi connectivity index (χ2n) is 5.63. The summed E-state index contributed by atoms with van der Waals surface area (Å²) in [5.41, 5.74) is 7.75. The number of benzene rings is 1. The van der Waals surface area contributed by atoms with E-state index in [1.54, 1.807) is 0 Å². The van der Waals surface area contributed by atoms with Gasteiger partial charge >= 0.3 is 0 Å². The van der Waals surface area contributed by atoms with E-state index in [4.69, 9.17) is 10.5 Å². The van der Waals surface area contributed by atoms with Crippen LogP contribution in [0.1, 0.15) is 44.7 Å². The molecule has 1 fully saturated rings. The molecule has 0 bridgehead atoms. The smallest absolute Gasteiger partial charge is 0.0702 e. The highest BCUT2D eigenvalue weighted by molar-refractivity contribution is 5.20. The molecule has 1 aliphatic heterocycles. The van der Waals surface area contributed by atoms with Gasteiger partial charge in [0.2, 0.25) is 0 Å². The normalized spacial score (nSPS) is 23.4. The van der Waals surface area contributed by atoms with Gasteiger partial charge < -0.3 is 10.5 Å². The molecule has 1 aromatic rings. The summed E-state index contributed by atoms with van der Waals surface area (Å²) in [4.78, 5) is 2.53. The predicted octanol–water partition coefficient (Wildman–Crippen LogP) is 2.97. The van der Waals surface area contributed by atoms with E-state index in [1.165, 1.54) is 18.4 Å². The lowest BCUT2D eigenvalue weighted by atomic mass is 9.94. The van der Waals surface area contributed by atoms with Crippen molar-refractivity contribution in [3.05, 3.63) is 35.9 Å². The Morgan fingerprint density at radius 3 is 2.70 bits per heavy atom. The van der Waals surface area contributed by atoms with Gasteiger partial charge in [-0.25, -0.2) is 0 Å². The molecule has 1 saturated heterocycles. The molecule has 2 N–H and O–H groups in total. The van der Waals surface area contributed by atoms with Crippen molar-refractivity contribution < 1.29 is 4.74 Å². The van der Waals surface area contributed by atoms with Crippen LogP contribution in [-0.2, 0) is 4.74 Å². The molecule has 1 aromatic carbocycles. The van der Waals surface area contributed by atoms with Crippen molar-refractivity contribution in [2.75, 3.05) is 19.7 Å². The lowest BCUT2D eigenvalue weighted by molar-refractivity contribution is -0.0116. The highest BCUT2D eigenvalue weighted by atomic mass is 16.5. The Balaban J connectivity index is 2.03. The summed E-state index contributed by atoms with van der Waals surface area (Å²) in [5.74, 6) is 0. The quantitative estimate of drug-likeness (QED) is 0.868. The lowest BCUT2D eigenvalue weighted by Crippen LogP contribution is -2.49. The Kier molecular flexibility index (Phi) is 6.02. The number of hydrogen-bond donors (Lipinski definition) is 1. The molecule has 0 spiro atoms. The molecule has 0 radical (unpaired) electrons. The van der Waals surface area contributed by atoms with Gasteiger partial charge in [-0.2, -0.15) is 0 Å². The topological polar surface area (TPSA) is 38.5 Å². The maximum atomic E-state index is 6.52. The number of piperidine rings is 1. The van der Waals surface area contributed by atoms with Crippen LogP contribution in [-0.4, -0.2) is 36.7 Å². The molecule has 2 rings (SSSR count). The minimum absolute atomic E-state index is 0.0848. The monoisotopic (exact) mass is 276 g/mol. The van der Waals surface area contributed by atoms with Gasteiger partial charge in [-0.1, -0.05) is 37.3 Å². The predicted molar refractivity (Wildman–Crippen MR) is 83.7 cm³/mol. The minimum Gasteiger partial charge on any atom is -0.377 e. The van der Waals surface area contributed by atoms with Crippen molar-refractivity contribution in [2.45, 2.75) is 51.3 Å². The summed E-state index contributed by atoms with van der Waals surface area (Å²) in [6.07, 6.45) is 3.85. The van der Waals surface area contributed by atoms with Gasteiger partial charge in [-0.15, -0.1) is 0 Å². The van der Waals surface area contributed by atoms with Gasteiger partial charge in [0.1, 0.15) is 0 Å². The van der Waals surface area contributed by atoms with Crippen LogP contribution in [0.5, 0.6) is 0 Å². The van der Waals surface area contributed by atoms with Crippen molar-refractivity contribution in [1.29, 1.82) is 0 Å². The largest absolute Gasteiger partial charge is 0.377 e. The van der Waals surface area contributed by atoms with Crippen LogP contribution in [0, 0.1) is 0 Å². The average molecular weight is 276 g/mol. The standard InChI is InChI=1S/C17H28N2O/c1-3-16(17(18)14-9-6-5-7-10-14)19-12-8-11-15(13-19)20-4-2/h5-7,9-10,15-17H,3-4,8,11-13,18H2,1-2H3. The van der Waals surface area contributed by atoms with E-state index in [2.05, 4.69) is 43.0 Å². The summed E-state index contributed by atoms with van der Waals surface area (Å²) in [5, 5.41) is 0. The third-order valence-electron chi connectivity index (χ3n) is 4.30. The first kappa shape index (κ1) is 15.5. The molecule has 0 aromatic heterocycles. The Morgan fingerprint density at radius 2 is 2.05 bits per heavy atom. The van der Waals surface area contributed by atoms with Gasteiger partial charge in [0.05, 0.1) is 6.10 Å². The first-order valence-corrected chi connectivity index (χ1v) is 7.92. The maximum absolute atomic E-state index is 6.52. The molecule has 112 valence electrons. The van der Waals surface area contributed by atoms with Crippen LogP contribution in [0.4, 0.5) is 0 Å². The number of likely N-dealkylation sites (tertiary alicyclic amines) is 1. The van der Waals surface area contributed by atoms with Crippen molar-refractivity contribution in [1.82, 2.24) is 4.90 Å². The fourth-order valence-corrected chi connectivity index (χ4v) is 3.28. The Bertz CT molecular complexity index is 380. The Morgan fingerprint density at radius 1 is 1.30 bits per heavy atom. The van der Waals surface area contributed by atoms with E-state index in [1.807, 2.05) is 6.07 Å². The van der Waals surface area contributed by atoms with Gasteiger partial charge in [0.15, 0.2) is 0 Å². The molecule has 0 amide bonds. The van der Waals surface area contributed by atoms with Gasteiger partial charge in [-0.05, 0) is 38.3 Å². The van der Waals surface area contributed by atoms with Crippen molar-refractivity contribution in [2.24, 2.45) is 5.73 Å². The number of ether oxygens (including phenoxy) is 1. The third-order valence-corrected chi connectivity index (χ3v) is 4.30. The SMILES string of the molecule is CCOC1CCCN(C(CC)C(N)c2ccccc2)C1. The molecule has 3 heteroatoms. The molecule has 3 atom stereocenters. The van der Waals surface area contributed by atoms with E-state index in [0.29, 0.717) is 12.1 Å². The number of rotatable bonds is 6. The molecule has 1 heterocycles. The van der Waals surface area contributed by atoms with E-state index in [-0.39, 0.29) is 6.04 Å². The van der Waals surface area contributed by atoms with Crippen LogP contribution in [0.3, 0.4) is 0 Å². The fourth-order valence-electron chi connectivity index (χ4n) is 3.28. The molecule has 0 aliphatic carbocycles. The van der Waals surface area contributed by atoms with E-state index in [9.17, 15) is 0 Å². The lowest BCUT2D eigenvalue weighted by Gasteiger charge is -2.40. The van der Waals surface area contributed by atoms with Crippen molar-refractivity contribution in [3.8, 4) is 0 Å². The van der Waals surface area contributed by atoms with Gasteiger partial charge in [0, 0.05) is 25.2 Å². The summed E-state index contributed by atoms with van der Waals surface area (Å²) >= 11 is 0. The Labute approximate surface area is 123 Å². The highest BCUT2D eigenvalue weighted by Crippen LogP contribution is 2.25. The van der Waals surface area contributed by atoms with E-state index < -0.39 is 0 Å². The first-order chi connectivity index (χ1) is 9.76. The highest BCUT2D eigenvalue weighted by Gasteiger charge is 2.29. The van der Waals surface area contributed by atoms with E-state index in [0.717, 1.165) is 26.1 Å². The zero-order valence-corrected chi connectivity index (χ0v) is 12.8. The minimum atomic E-state index is 0.0848. The zero-order valence-electron chi connectivity index (χ0n) is 12.8. The molecular weight excluding hydrogens is 248 g/mol.